The van der Waals surface area contributed by atoms with Crippen LogP contribution in [0, 0.1) is 5.41 Å². The highest BCUT2D eigenvalue weighted by Gasteiger charge is 2.56. The Morgan fingerprint density at radius 3 is 2.28 bits per heavy atom. The van der Waals surface area contributed by atoms with Crippen LogP contribution in [-0.2, 0) is 4.74 Å². The molecule has 4 heteroatoms. The van der Waals surface area contributed by atoms with Gasteiger partial charge in [0.05, 0.1) is 11.7 Å². The Morgan fingerprint density at radius 2 is 1.69 bits per heavy atom. The molecule has 4 nitrogen and oxygen atoms in total. The van der Waals surface area contributed by atoms with Crippen molar-refractivity contribution >= 4 is 16.6 Å². The van der Waals surface area contributed by atoms with Gasteiger partial charge in [0.1, 0.15) is 5.82 Å². The summed E-state index contributed by atoms with van der Waals surface area (Å²) in [6.45, 7) is 24.4. The molecule has 1 unspecified atom stereocenters. The third-order valence-corrected chi connectivity index (χ3v) is 6.84. The largest absolute Gasteiger partial charge is 0.366 e. The average molecular weight is 440 g/mol. The number of aromatic nitrogens is 1. The highest BCUT2D eigenvalue weighted by atomic mass is 16.5. The van der Waals surface area contributed by atoms with E-state index in [1.54, 1.807) is 0 Å². The maximum atomic E-state index is 6.21. The molecule has 0 radical (unpaired) electrons. The van der Waals surface area contributed by atoms with Crippen molar-refractivity contribution in [1.82, 2.24) is 9.88 Å². The number of fused-ring (bicyclic) bond motifs is 1. The first-order valence-electron chi connectivity index (χ1n) is 12.5. The van der Waals surface area contributed by atoms with Crippen molar-refractivity contribution in [1.29, 1.82) is 0 Å². The fourth-order valence-electron chi connectivity index (χ4n) is 4.34. The van der Waals surface area contributed by atoms with Gasteiger partial charge in [0.2, 0.25) is 0 Å². The van der Waals surface area contributed by atoms with Gasteiger partial charge in [0.25, 0.3) is 0 Å². The van der Waals surface area contributed by atoms with Crippen molar-refractivity contribution < 1.29 is 4.74 Å². The van der Waals surface area contributed by atoms with Gasteiger partial charge in [-0.3, -0.25) is 4.90 Å². The molecule has 1 aromatic heterocycles. The van der Waals surface area contributed by atoms with Gasteiger partial charge in [0.15, 0.2) is 0 Å². The van der Waals surface area contributed by atoms with E-state index in [0.29, 0.717) is 0 Å². The Kier molecular flexibility index (Phi) is 9.29. The van der Waals surface area contributed by atoms with E-state index in [-0.39, 0.29) is 17.1 Å². The normalized spacial score (nSPS) is 21.3. The molecule has 2 saturated heterocycles. The van der Waals surface area contributed by atoms with Crippen molar-refractivity contribution in [2.75, 3.05) is 25.0 Å². The Morgan fingerprint density at radius 1 is 1.03 bits per heavy atom. The second kappa shape index (κ2) is 11.3. The van der Waals surface area contributed by atoms with Crippen LogP contribution in [0.25, 0.3) is 10.8 Å². The van der Waals surface area contributed by atoms with Gasteiger partial charge in [-0.2, -0.15) is 0 Å². The number of piperidine rings is 1. The molecular formula is C28H45N3O. The number of pyridine rings is 1. The first-order valence-corrected chi connectivity index (χ1v) is 12.5. The molecule has 0 aliphatic carbocycles. The molecule has 1 N–H and O–H groups in total. The van der Waals surface area contributed by atoms with Gasteiger partial charge in [-0.1, -0.05) is 66.7 Å². The fraction of sp³-hybridized carbons (Fsp3) is 0.607. The maximum Gasteiger partial charge on any atom is 0.130 e. The molecule has 2 fully saturated rings. The van der Waals surface area contributed by atoms with Crippen molar-refractivity contribution in [3.8, 4) is 0 Å². The number of ether oxygens (including phenoxy) is 1. The second-order valence-corrected chi connectivity index (χ2v) is 9.47. The zero-order valence-corrected chi connectivity index (χ0v) is 21.7. The molecule has 0 amide bonds. The quantitative estimate of drug-likeness (QED) is 0.521. The SMILES string of the molecule is C=C(CN1CCCCC1)Nc1cc2cc(C3OC(C)(C)C3(C)C)ccc2cn1.CC.CC. The van der Waals surface area contributed by atoms with E-state index in [4.69, 9.17) is 4.74 Å². The lowest BCUT2D eigenvalue weighted by Crippen LogP contribution is -2.57. The summed E-state index contributed by atoms with van der Waals surface area (Å²) in [4.78, 5) is 7.05. The molecule has 2 aromatic rings. The predicted octanol–water partition coefficient (Wildman–Crippen LogP) is 7.57. The van der Waals surface area contributed by atoms with E-state index in [0.717, 1.165) is 23.4 Å². The van der Waals surface area contributed by atoms with E-state index in [1.165, 1.54) is 43.3 Å². The Hall–Kier alpha value is -1.91. The molecule has 0 saturated carbocycles. The van der Waals surface area contributed by atoms with Crippen LogP contribution in [0.5, 0.6) is 0 Å². The van der Waals surface area contributed by atoms with Crippen molar-refractivity contribution in [2.24, 2.45) is 5.41 Å². The van der Waals surface area contributed by atoms with Crippen molar-refractivity contribution in [2.45, 2.75) is 86.4 Å². The fourth-order valence-corrected chi connectivity index (χ4v) is 4.34. The summed E-state index contributed by atoms with van der Waals surface area (Å²) in [5, 5.41) is 5.74. The monoisotopic (exact) mass is 439 g/mol. The lowest BCUT2D eigenvalue weighted by atomic mass is 9.65. The molecule has 1 atom stereocenters. The summed E-state index contributed by atoms with van der Waals surface area (Å²) < 4.78 is 6.21. The molecule has 32 heavy (non-hydrogen) atoms. The molecule has 0 bridgehead atoms. The van der Waals surface area contributed by atoms with Crippen LogP contribution < -0.4 is 5.32 Å². The van der Waals surface area contributed by atoms with Gasteiger partial charge in [-0.25, -0.2) is 4.98 Å². The summed E-state index contributed by atoms with van der Waals surface area (Å²) in [5.74, 6) is 0.862. The second-order valence-electron chi connectivity index (χ2n) is 9.47. The number of hydrogen-bond donors (Lipinski definition) is 1. The predicted molar refractivity (Wildman–Crippen MR) is 139 cm³/mol. The Balaban J connectivity index is 0.000000860. The molecule has 3 heterocycles. The van der Waals surface area contributed by atoms with Crippen LogP contribution in [-0.4, -0.2) is 35.1 Å². The van der Waals surface area contributed by atoms with Gasteiger partial charge in [0, 0.05) is 29.2 Å². The highest BCUT2D eigenvalue weighted by molar-refractivity contribution is 5.85. The number of hydrogen-bond acceptors (Lipinski definition) is 4. The van der Waals surface area contributed by atoms with Crippen LogP contribution >= 0.6 is 0 Å². The standard InChI is InChI=1S/C24H33N3O.2C2H6/c1-17(16-27-11-7-6-8-12-27)26-21-14-20-13-18(9-10-19(20)15-25-21)22-23(2,3)24(4,5)28-22;2*1-2/h9-10,13-15,22H,1,6-8,11-12,16H2,2-5H3,(H,25,26);2*1-2H3. The van der Waals surface area contributed by atoms with Crippen LogP contribution in [0.15, 0.2) is 42.7 Å². The van der Waals surface area contributed by atoms with E-state index < -0.39 is 0 Å². The smallest absolute Gasteiger partial charge is 0.130 e. The minimum atomic E-state index is -0.0935. The summed E-state index contributed by atoms with van der Waals surface area (Å²) >= 11 is 0. The van der Waals surface area contributed by atoms with E-state index in [9.17, 15) is 0 Å². The van der Waals surface area contributed by atoms with E-state index in [2.05, 4.69) is 73.7 Å². The maximum absolute atomic E-state index is 6.21. The van der Waals surface area contributed by atoms with Crippen LogP contribution in [0.1, 0.15) is 86.3 Å². The summed E-state index contributed by atoms with van der Waals surface area (Å²) in [6.07, 6.45) is 6.00. The van der Waals surface area contributed by atoms with E-state index >= 15 is 0 Å². The Bertz CT molecular complexity index is 881. The molecule has 4 rings (SSSR count). The lowest BCUT2D eigenvalue weighted by Gasteiger charge is -2.58. The minimum Gasteiger partial charge on any atom is -0.366 e. The van der Waals surface area contributed by atoms with Gasteiger partial charge in [-0.15, -0.1) is 0 Å². The summed E-state index contributed by atoms with van der Waals surface area (Å²) in [5.41, 5.74) is 2.26. The number of anilines is 1. The van der Waals surface area contributed by atoms with Crippen molar-refractivity contribution in [3.63, 3.8) is 0 Å². The highest BCUT2D eigenvalue weighted by Crippen LogP contribution is 2.57. The van der Waals surface area contributed by atoms with Crippen LogP contribution in [0.2, 0.25) is 0 Å². The summed E-state index contributed by atoms with van der Waals surface area (Å²) in [6, 6.07) is 8.69. The number of rotatable bonds is 5. The average Bonchev–Trinajstić information content (AvgIpc) is 2.80. The van der Waals surface area contributed by atoms with E-state index in [1.807, 2.05) is 33.9 Å². The number of nitrogens with one attached hydrogen (secondary N) is 1. The molecule has 1 aromatic carbocycles. The Labute approximate surface area is 196 Å². The molecule has 2 aliphatic rings. The number of likely N-dealkylation sites (tertiary alicyclic amines) is 1. The molecular weight excluding hydrogens is 394 g/mol. The number of benzene rings is 1. The first-order chi connectivity index (χ1) is 15.3. The van der Waals surface area contributed by atoms with Gasteiger partial charge in [-0.05, 0) is 62.9 Å². The summed E-state index contributed by atoms with van der Waals surface area (Å²) in [7, 11) is 0. The minimum absolute atomic E-state index is 0.0935. The van der Waals surface area contributed by atoms with Crippen LogP contribution in [0.3, 0.4) is 0 Å². The van der Waals surface area contributed by atoms with Crippen molar-refractivity contribution in [3.05, 3.63) is 48.3 Å². The van der Waals surface area contributed by atoms with Gasteiger partial charge >= 0.3 is 0 Å². The first kappa shape index (κ1) is 26.3. The van der Waals surface area contributed by atoms with Gasteiger partial charge < -0.3 is 10.1 Å². The lowest BCUT2D eigenvalue weighted by molar-refractivity contribution is -0.294. The zero-order chi connectivity index (χ0) is 23.9. The topological polar surface area (TPSA) is 37.4 Å². The molecule has 2 aliphatic heterocycles. The molecule has 178 valence electrons. The number of nitrogens with zero attached hydrogens (tertiary/aromatic N) is 2. The third kappa shape index (κ3) is 5.71. The zero-order valence-electron chi connectivity index (χ0n) is 21.7. The van der Waals surface area contributed by atoms with Crippen LogP contribution in [0.4, 0.5) is 5.82 Å². The molecule has 0 spiro atoms. The third-order valence-electron chi connectivity index (χ3n) is 6.84.